The van der Waals surface area contributed by atoms with E-state index in [1.165, 1.54) is 36.5 Å². The van der Waals surface area contributed by atoms with Gasteiger partial charge in [-0.25, -0.2) is 13.2 Å². The lowest BCUT2D eigenvalue weighted by atomic mass is 10.2. The number of aromatic carboxylic acids is 1. The Morgan fingerprint density at radius 1 is 1.30 bits per heavy atom. The van der Waals surface area contributed by atoms with Gasteiger partial charge in [0.2, 0.25) is 0 Å². The third kappa shape index (κ3) is 3.06. The Bertz CT molecular complexity index is 762. The standard InChI is InChI=1S/C12H9ClN2O4S/c13-10-4-5-14-7-11(10)20(18,19)15-9-3-1-2-8(6-9)12(16)17/h1-7,15H,(H,16,17). The van der Waals surface area contributed by atoms with Crippen molar-refractivity contribution >= 4 is 33.3 Å². The van der Waals surface area contributed by atoms with E-state index in [1.807, 2.05) is 0 Å². The van der Waals surface area contributed by atoms with Crippen molar-refractivity contribution in [1.82, 2.24) is 4.98 Å². The molecule has 1 aromatic heterocycles. The number of carboxylic acid groups (broad SMARTS) is 1. The van der Waals surface area contributed by atoms with E-state index in [-0.39, 0.29) is 21.2 Å². The summed E-state index contributed by atoms with van der Waals surface area (Å²) in [4.78, 5) is 14.4. The molecule has 0 bridgehead atoms. The summed E-state index contributed by atoms with van der Waals surface area (Å²) in [5.74, 6) is -1.15. The molecule has 0 amide bonds. The molecule has 104 valence electrons. The highest BCUT2D eigenvalue weighted by Gasteiger charge is 2.18. The molecule has 6 nitrogen and oxygen atoms in total. The van der Waals surface area contributed by atoms with Gasteiger partial charge in [0, 0.05) is 18.1 Å². The van der Waals surface area contributed by atoms with Crippen LogP contribution >= 0.6 is 11.6 Å². The van der Waals surface area contributed by atoms with Crippen molar-refractivity contribution in [2.24, 2.45) is 0 Å². The van der Waals surface area contributed by atoms with Crippen LogP contribution in [0.4, 0.5) is 5.69 Å². The summed E-state index contributed by atoms with van der Waals surface area (Å²) in [6.07, 6.45) is 2.48. The summed E-state index contributed by atoms with van der Waals surface area (Å²) < 4.78 is 26.5. The molecule has 2 rings (SSSR count). The summed E-state index contributed by atoms with van der Waals surface area (Å²) in [6.45, 7) is 0. The number of sulfonamides is 1. The van der Waals surface area contributed by atoms with E-state index in [0.29, 0.717) is 0 Å². The quantitative estimate of drug-likeness (QED) is 0.902. The lowest BCUT2D eigenvalue weighted by Crippen LogP contribution is -2.14. The van der Waals surface area contributed by atoms with Crippen LogP contribution in [0.5, 0.6) is 0 Å². The molecule has 0 saturated carbocycles. The zero-order valence-corrected chi connectivity index (χ0v) is 11.5. The summed E-state index contributed by atoms with van der Waals surface area (Å²) in [5, 5.41) is 8.89. The highest BCUT2D eigenvalue weighted by atomic mass is 35.5. The molecular weight excluding hydrogens is 304 g/mol. The van der Waals surface area contributed by atoms with Crippen LogP contribution < -0.4 is 4.72 Å². The van der Waals surface area contributed by atoms with Crippen LogP contribution in [-0.2, 0) is 10.0 Å². The fourth-order valence-corrected chi connectivity index (χ4v) is 2.97. The van der Waals surface area contributed by atoms with E-state index < -0.39 is 16.0 Å². The number of rotatable bonds is 4. The lowest BCUT2D eigenvalue weighted by molar-refractivity contribution is 0.0697. The normalized spacial score (nSPS) is 11.1. The molecule has 20 heavy (non-hydrogen) atoms. The number of hydrogen-bond donors (Lipinski definition) is 2. The first-order valence-electron chi connectivity index (χ1n) is 5.36. The molecule has 1 heterocycles. The molecule has 0 spiro atoms. The van der Waals surface area contributed by atoms with Crippen molar-refractivity contribution in [3.8, 4) is 0 Å². The first-order chi connectivity index (χ1) is 9.40. The Hall–Kier alpha value is -2.12. The number of pyridine rings is 1. The maximum atomic E-state index is 12.1. The Morgan fingerprint density at radius 3 is 2.70 bits per heavy atom. The molecule has 0 radical (unpaired) electrons. The third-order valence-corrected chi connectivity index (χ3v) is 4.24. The molecule has 0 aliphatic heterocycles. The number of nitrogens with zero attached hydrogens (tertiary/aromatic N) is 1. The fourth-order valence-electron chi connectivity index (χ4n) is 1.49. The third-order valence-electron chi connectivity index (χ3n) is 2.39. The second-order valence-corrected chi connectivity index (χ2v) is 5.86. The van der Waals surface area contributed by atoms with Crippen LogP contribution in [0.25, 0.3) is 0 Å². The number of halogens is 1. The van der Waals surface area contributed by atoms with E-state index in [1.54, 1.807) is 0 Å². The first kappa shape index (κ1) is 14.3. The maximum Gasteiger partial charge on any atom is 0.335 e. The molecule has 0 fully saturated rings. The van der Waals surface area contributed by atoms with E-state index in [2.05, 4.69) is 9.71 Å². The number of carboxylic acids is 1. The number of anilines is 1. The second kappa shape index (κ2) is 5.48. The van der Waals surface area contributed by atoms with Crippen molar-refractivity contribution in [2.45, 2.75) is 4.90 Å². The molecule has 0 unspecified atom stereocenters. The zero-order valence-electron chi connectivity index (χ0n) is 9.95. The summed E-state index contributed by atoms with van der Waals surface area (Å²) in [5.41, 5.74) is 0.104. The summed E-state index contributed by atoms with van der Waals surface area (Å²) in [7, 11) is -3.92. The molecule has 1 aromatic carbocycles. The number of aromatic nitrogens is 1. The molecular formula is C12H9ClN2O4S. The average Bonchev–Trinajstić information content (AvgIpc) is 2.38. The SMILES string of the molecule is O=C(O)c1cccc(NS(=O)(=O)c2cnccc2Cl)c1. The minimum atomic E-state index is -3.92. The second-order valence-electron chi connectivity index (χ2n) is 3.80. The molecule has 0 aliphatic rings. The number of benzene rings is 1. The number of nitrogens with one attached hydrogen (secondary N) is 1. The van der Waals surface area contributed by atoms with Gasteiger partial charge in [0.05, 0.1) is 10.6 Å². The van der Waals surface area contributed by atoms with E-state index in [9.17, 15) is 13.2 Å². The van der Waals surface area contributed by atoms with Gasteiger partial charge in [0.1, 0.15) is 4.90 Å². The van der Waals surface area contributed by atoms with Crippen molar-refractivity contribution in [2.75, 3.05) is 4.72 Å². The van der Waals surface area contributed by atoms with Gasteiger partial charge in [-0.2, -0.15) is 0 Å². The van der Waals surface area contributed by atoms with Crippen LogP contribution in [0, 0.1) is 0 Å². The summed E-state index contributed by atoms with van der Waals surface area (Å²) >= 11 is 5.80. The van der Waals surface area contributed by atoms with Crippen LogP contribution in [0.2, 0.25) is 5.02 Å². The van der Waals surface area contributed by atoms with Crippen LogP contribution in [0.1, 0.15) is 10.4 Å². The smallest absolute Gasteiger partial charge is 0.335 e. The Kier molecular flexibility index (Phi) is 3.91. The molecule has 0 atom stereocenters. The van der Waals surface area contributed by atoms with Crippen LogP contribution in [-0.4, -0.2) is 24.5 Å². The largest absolute Gasteiger partial charge is 0.478 e. The minimum absolute atomic E-state index is 0.0255. The van der Waals surface area contributed by atoms with Crippen molar-refractivity contribution < 1.29 is 18.3 Å². The maximum absolute atomic E-state index is 12.1. The number of hydrogen-bond acceptors (Lipinski definition) is 4. The first-order valence-corrected chi connectivity index (χ1v) is 7.22. The van der Waals surface area contributed by atoms with Gasteiger partial charge in [-0.3, -0.25) is 9.71 Å². The highest BCUT2D eigenvalue weighted by Crippen LogP contribution is 2.22. The van der Waals surface area contributed by atoms with Gasteiger partial charge in [-0.1, -0.05) is 17.7 Å². The fraction of sp³-hybridized carbons (Fsp3) is 0. The molecule has 2 N–H and O–H groups in total. The highest BCUT2D eigenvalue weighted by molar-refractivity contribution is 7.92. The molecule has 8 heteroatoms. The average molecular weight is 313 g/mol. The van der Waals surface area contributed by atoms with Crippen molar-refractivity contribution in [1.29, 1.82) is 0 Å². The predicted molar refractivity (Wildman–Crippen MR) is 73.5 cm³/mol. The van der Waals surface area contributed by atoms with Gasteiger partial charge in [0.25, 0.3) is 10.0 Å². The van der Waals surface area contributed by atoms with E-state index in [4.69, 9.17) is 16.7 Å². The molecule has 2 aromatic rings. The molecule has 0 aliphatic carbocycles. The van der Waals surface area contributed by atoms with Gasteiger partial charge in [0.15, 0.2) is 0 Å². The summed E-state index contributed by atoms with van der Waals surface area (Å²) in [6, 6.07) is 6.80. The minimum Gasteiger partial charge on any atom is -0.478 e. The lowest BCUT2D eigenvalue weighted by Gasteiger charge is -2.09. The van der Waals surface area contributed by atoms with E-state index in [0.717, 1.165) is 6.20 Å². The molecule has 0 saturated heterocycles. The van der Waals surface area contributed by atoms with Crippen molar-refractivity contribution in [3.63, 3.8) is 0 Å². The zero-order chi connectivity index (χ0) is 14.8. The predicted octanol–water partition coefficient (Wildman–Crippen LogP) is 2.23. The Morgan fingerprint density at radius 2 is 2.05 bits per heavy atom. The van der Waals surface area contributed by atoms with Gasteiger partial charge >= 0.3 is 5.97 Å². The monoisotopic (exact) mass is 312 g/mol. The van der Waals surface area contributed by atoms with Gasteiger partial charge in [-0.05, 0) is 24.3 Å². The Balaban J connectivity index is 2.36. The van der Waals surface area contributed by atoms with Crippen LogP contribution in [0.15, 0.2) is 47.6 Å². The van der Waals surface area contributed by atoms with Crippen LogP contribution in [0.3, 0.4) is 0 Å². The number of carbonyl (C=O) groups is 1. The topological polar surface area (TPSA) is 96.4 Å². The van der Waals surface area contributed by atoms with Crippen molar-refractivity contribution in [3.05, 3.63) is 53.3 Å². The van der Waals surface area contributed by atoms with Gasteiger partial charge in [-0.15, -0.1) is 0 Å². The van der Waals surface area contributed by atoms with Gasteiger partial charge < -0.3 is 5.11 Å². The van der Waals surface area contributed by atoms with E-state index >= 15 is 0 Å². The Labute approximate surface area is 120 Å².